The molecule has 0 saturated heterocycles. The van der Waals surface area contributed by atoms with Crippen LogP contribution in [-0.4, -0.2) is 10.1 Å². The number of nitro benzene ring substituents is 1. The first-order valence-electron chi connectivity index (χ1n) is 3.90. The monoisotopic (exact) mass is 291 g/mol. The number of benzene rings is 1. The van der Waals surface area contributed by atoms with Gasteiger partial charge in [0.2, 0.25) is 0 Å². The first kappa shape index (κ1) is 11.9. The van der Waals surface area contributed by atoms with Gasteiger partial charge in [-0.2, -0.15) is 5.10 Å². The van der Waals surface area contributed by atoms with Crippen molar-refractivity contribution in [3.8, 4) is 0 Å². The first-order chi connectivity index (χ1) is 7.00. The van der Waals surface area contributed by atoms with E-state index in [1.807, 2.05) is 0 Å². The molecule has 0 aromatic heterocycles. The molecule has 0 aliphatic carbocycles. The van der Waals surface area contributed by atoms with Gasteiger partial charge in [-0.1, -0.05) is 27.5 Å². The summed E-state index contributed by atoms with van der Waals surface area (Å²) in [6.07, 6.45) is 0. The Morgan fingerprint density at radius 1 is 1.67 bits per heavy atom. The van der Waals surface area contributed by atoms with Crippen LogP contribution in [0.3, 0.4) is 0 Å². The fourth-order valence-corrected chi connectivity index (χ4v) is 1.28. The number of nitrogens with zero attached hydrogens (tertiary/aromatic N) is 2. The van der Waals surface area contributed by atoms with Crippen molar-refractivity contribution in [2.24, 2.45) is 5.10 Å². The van der Waals surface area contributed by atoms with Gasteiger partial charge in [0, 0.05) is 10.5 Å². The topological polar surface area (TPSA) is 67.5 Å². The minimum atomic E-state index is -0.494. The maximum atomic E-state index is 10.7. The van der Waals surface area contributed by atoms with Crippen molar-refractivity contribution < 1.29 is 4.92 Å². The third kappa shape index (κ3) is 3.49. The van der Waals surface area contributed by atoms with Gasteiger partial charge in [-0.3, -0.25) is 15.5 Å². The summed E-state index contributed by atoms with van der Waals surface area (Å²) < 4.78 is 0.631. The second-order valence-electron chi connectivity index (χ2n) is 2.64. The van der Waals surface area contributed by atoms with Crippen LogP contribution in [0.15, 0.2) is 27.8 Å². The molecule has 0 heterocycles. The van der Waals surface area contributed by atoms with Crippen LogP contribution < -0.4 is 5.43 Å². The standard InChI is InChI=1S/C8H7BrClN3O2/c1-5(10)11-12-7-3-2-6(9)4-8(7)13(14)15/h2-4,12H,1H3. The minimum Gasteiger partial charge on any atom is -0.271 e. The van der Waals surface area contributed by atoms with Gasteiger partial charge in [-0.25, -0.2) is 0 Å². The highest BCUT2D eigenvalue weighted by Gasteiger charge is 2.13. The van der Waals surface area contributed by atoms with Crippen LogP contribution in [0.4, 0.5) is 11.4 Å². The van der Waals surface area contributed by atoms with E-state index in [1.165, 1.54) is 6.07 Å². The van der Waals surface area contributed by atoms with E-state index >= 15 is 0 Å². The Morgan fingerprint density at radius 2 is 2.33 bits per heavy atom. The van der Waals surface area contributed by atoms with E-state index in [2.05, 4.69) is 26.5 Å². The number of anilines is 1. The van der Waals surface area contributed by atoms with Gasteiger partial charge in [-0.05, 0) is 19.1 Å². The van der Waals surface area contributed by atoms with E-state index in [9.17, 15) is 10.1 Å². The predicted molar refractivity (Wildman–Crippen MR) is 63.4 cm³/mol. The second-order valence-corrected chi connectivity index (χ2v) is 4.10. The van der Waals surface area contributed by atoms with Crippen LogP contribution in [0.5, 0.6) is 0 Å². The molecule has 0 aliphatic rings. The number of halogens is 2. The lowest BCUT2D eigenvalue weighted by molar-refractivity contribution is -0.384. The summed E-state index contributed by atoms with van der Waals surface area (Å²) in [5, 5.41) is 14.6. The van der Waals surface area contributed by atoms with Crippen LogP contribution in [0, 0.1) is 10.1 Å². The third-order valence-electron chi connectivity index (χ3n) is 1.49. The highest BCUT2D eigenvalue weighted by molar-refractivity contribution is 9.10. The Labute approximate surface area is 99.4 Å². The maximum Gasteiger partial charge on any atom is 0.295 e. The summed E-state index contributed by atoms with van der Waals surface area (Å²) in [5.41, 5.74) is 2.75. The smallest absolute Gasteiger partial charge is 0.271 e. The Kier molecular flexibility index (Phi) is 4.05. The van der Waals surface area contributed by atoms with Crippen molar-refractivity contribution in [1.29, 1.82) is 0 Å². The summed E-state index contributed by atoms with van der Waals surface area (Å²) in [6.45, 7) is 1.57. The van der Waals surface area contributed by atoms with E-state index in [0.717, 1.165) is 0 Å². The van der Waals surface area contributed by atoms with Crippen molar-refractivity contribution in [3.63, 3.8) is 0 Å². The van der Waals surface area contributed by atoms with Gasteiger partial charge in [0.25, 0.3) is 5.69 Å². The Morgan fingerprint density at radius 3 is 2.87 bits per heavy atom. The highest BCUT2D eigenvalue weighted by Crippen LogP contribution is 2.27. The van der Waals surface area contributed by atoms with Crippen LogP contribution in [-0.2, 0) is 0 Å². The SMILES string of the molecule is CC(Cl)=NNc1ccc(Br)cc1[N+](=O)[O-]. The summed E-state index contributed by atoms with van der Waals surface area (Å²) in [5.74, 6) is 0. The number of hydrogen-bond acceptors (Lipinski definition) is 4. The molecule has 0 bridgehead atoms. The molecule has 80 valence electrons. The van der Waals surface area contributed by atoms with E-state index in [0.29, 0.717) is 10.2 Å². The molecule has 0 spiro atoms. The fraction of sp³-hybridized carbons (Fsp3) is 0.125. The average molecular weight is 293 g/mol. The van der Waals surface area contributed by atoms with Crippen molar-refractivity contribution in [3.05, 3.63) is 32.8 Å². The molecule has 0 radical (unpaired) electrons. The number of hydrogen-bond donors (Lipinski definition) is 1. The van der Waals surface area contributed by atoms with Gasteiger partial charge in [0.15, 0.2) is 0 Å². The summed E-state index contributed by atoms with van der Waals surface area (Å²) >= 11 is 8.65. The largest absolute Gasteiger partial charge is 0.295 e. The van der Waals surface area contributed by atoms with Gasteiger partial charge < -0.3 is 0 Å². The maximum absolute atomic E-state index is 10.7. The Balaban J connectivity index is 3.06. The molecule has 0 saturated carbocycles. The fourth-order valence-electron chi connectivity index (χ4n) is 0.888. The summed E-state index contributed by atoms with van der Waals surface area (Å²) in [4.78, 5) is 10.2. The van der Waals surface area contributed by atoms with E-state index < -0.39 is 4.92 Å². The summed E-state index contributed by atoms with van der Waals surface area (Å²) in [6, 6.07) is 4.61. The van der Waals surface area contributed by atoms with Crippen LogP contribution in [0.1, 0.15) is 6.92 Å². The molecule has 0 aliphatic heterocycles. The van der Waals surface area contributed by atoms with Gasteiger partial charge in [0.1, 0.15) is 10.9 Å². The Hall–Kier alpha value is -1.14. The zero-order valence-electron chi connectivity index (χ0n) is 7.70. The summed E-state index contributed by atoms with van der Waals surface area (Å²) in [7, 11) is 0. The number of hydrazone groups is 1. The van der Waals surface area contributed by atoms with Gasteiger partial charge in [0.05, 0.1) is 4.92 Å². The van der Waals surface area contributed by atoms with Gasteiger partial charge in [-0.15, -0.1) is 0 Å². The molecule has 7 heteroatoms. The molecular formula is C8H7BrClN3O2. The zero-order valence-corrected chi connectivity index (χ0v) is 10.0. The van der Waals surface area contributed by atoms with E-state index in [-0.39, 0.29) is 10.9 Å². The second kappa shape index (κ2) is 5.09. The molecule has 0 fully saturated rings. The number of nitro groups is 1. The van der Waals surface area contributed by atoms with Crippen molar-refractivity contribution in [1.82, 2.24) is 0 Å². The lowest BCUT2D eigenvalue weighted by Gasteiger charge is -2.02. The highest BCUT2D eigenvalue weighted by atomic mass is 79.9. The number of nitrogens with one attached hydrogen (secondary N) is 1. The molecule has 1 aromatic carbocycles. The molecule has 0 atom stereocenters. The molecule has 5 nitrogen and oxygen atoms in total. The minimum absolute atomic E-state index is 0.0639. The van der Waals surface area contributed by atoms with Crippen molar-refractivity contribution in [2.75, 3.05) is 5.43 Å². The molecule has 1 rings (SSSR count). The van der Waals surface area contributed by atoms with Crippen molar-refractivity contribution >= 4 is 44.1 Å². The van der Waals surface area contributed by atoms with Crippen LogP contribution in [0.2, 0.25) is 0 Å². The Bertz CT molecular complexity index is 418. The molecular weight excluding hydrogens is 285 g/mol. The van der Waals surface area contributed by atoms with E-state index in [4.69, 9.17) is 11.6 Å². The zero-order chi connectivity index (χ0) is 11.4. The van der Waals surface area contributed by atoms with Crippen LogP contribution >= 0.6 is 27.5 Å². The lowest BCUT2D eigenvalue weighted by atomic mass is 10.3. The molecule has 0 unspecified atom stereocenters. The predicted octanol–water partition coefficient (Wildman–Crippen LogP) is 3.34. The molecule has 0 amide bonds. The first-order valence-corrected chi connectivity index (χ1v) is 5.07. The molecule has 1 N–H and O–H groups in total. The number of rotatable bonds is 3. The lowest BCUT2D eigenvalue weighted by Crippen LogP contribution is -1.97. The average Bonchev–Trinajstić information content (AvgIpc) is 2.15. The third-order valence-corrected chi connectivity index (χ3v) is 2.06. The molecule has 15 heavy (non-hydrogen) atoms. The van der Waals surface area contributed by atoms with E-state index in [1.54, 1.807) is 19.1 Å². The van der Waals surface area contributed by atoms with Crippen molar-refractivity contribution in [2.45, 2.75) is 6.92 Å². The molecule has 1 aromatic rings. The van der Waals surface area contributed by atoms with Gasteiger partial charge >= 0.3 is 0 Å². The quantitative estimate of drug-likeness (QED) is 0.528. The van der Waals surface area contributed by atoms with Crippen LogP contribution in [0.25, 0.3) is 0 Å². The normalized spacial score (nSPS) is 11.3.